The van der Waals surface area contributed by atoms with Crippen molar-refractivity contribution in [1.29, 1.82) is 0 Å². The van der Waals surface area contributed by atoms with Crippen LogP contribution < -0.4 is 14.8 Å². The predicted octanol–water partition coefficient (Wildman–Crippen LogP) is 4.41. The van der Waals surface area contributed by atoms with Crippen molar-refractivity contribution in [2.45, 2.75) is 19.4 Å². The molecule has 3 rings (SSSR count). The van der Waals surface area contributed by atoms with Crippen molar-refractivity contribution in [3.05, 3.63) is 53.6 Å². The van der Waals surface area contributed by atoms with Gasteiger partial charge in [0.15, 0.2) is 6.29 Å². The van der Waals surface area contributed by atoms with Gasteiger partial charge in [-0.1, -0.05) is 12.1 Å². The van der Waals surface area contributed by atoms with E-state index in [1.165, 1.54) is 6.07 Å². The van der Waals surface area contributed by atoms with Crippen LogP contribution in [-0.4, -0.2) is 33.3 Å². The molecule has 6 nitrogen and oxygen atoms in total. The zero-order chi connectivity index (χ0) is 21.9. The molecule has 1 aliphatic heterocycles. The van der Waals surface area contributed by atoms with Crippen LogP contribution in [0, 0.1) is 5.41 Å². The molecule has 0 aromatic heterocycles. The molecule has 1 aliphatic rings. The number of carbonyl (C=O) groups is 1. The standard InChI is InChI=1S/C21H22F3NO5/c1-20(11-29-18(30-12-20)13-4-7-15(27-2)8-5-13)19(26)25-14-6-9-17(28-3)16(10-14)21(22,23)24/h4-10,18H,11-12H2,1-3H3,(H,25,26). The maximum absolute atomic E-state index is 13.2. The predicted molar refractivity (Wildman–Crippen MR) is 102 cm³/mol. The van der Waals surface area contributed by atoms with Crippen molar-refractivity contribution in [3.63, 3.8) is 0 Å². The van der Waals surface area contributed by atoms with Crippen molar-refractivity contribution in [2.75, 3.05) is 32.8 Å². The first kappa shape index (κ1) is 21.9. The van der Waals surface area contributed by atoms with Gasteiger partial charge in [0, 0.05) is 11.3 Å². The van der Waals surface area contributed by atoms with Gasteiger partial charge < -0.3 is 24.3 Å². The zero-order valence-corrected chi connectivity index (χ0v) is 16.7. The first-order chi connectivity index (χ1) is 14.2. The fraction of sp³-hybridized carbons (Fsp3) is 0.381. The molecule has 162 valence electrons. The quantitative estimate of drug-likeness (QED) is 0.769. The van der Waals surface area contributed by atoms with E-state index in [4.69, 9.17) is 18.9 Å². The van der Waals surface area contributed by atoms with Gasteiger partial charge in [0.25, 0.3) is 0 Å². The number of rotatable bonds is 5. The molecule has 1 amide bonds. The van der Waals surface area contributed by atoms with Crippen molar-refractivity contribution in [3.8, 4) is 11.5 Å². The van der Waals surface area contributed by atoms with Crippen LogP contribution >= 0.6 is 0 Å². The van der Waals surface area contributed by atoms with E-state index in [1.807, 2.05) is 0 Å². The van der Waals surface area contributed by atoms with Crippen molar-refractivity contribution >= 4 is 11.6 Å². The van der Waals surface area contributed by atoms with Crippen molar-refractivity contribution in [2.24, 2.45) is 5.41 Å². The number of anilines is 1. The number of hydrogen-bond acceptors (Lipinski definition) is 5. The van der Waals surface area contributed by atoms with Gasteiger partial charge in [-0.05, 0) is 37.3 Å². The van der Waals surface area contributed by atoms with E-state index >= 15 is 0 Å². The third-order valence-corrected chi connectivity index (χ3v) is 4.81. The largest absolute Gasteiger partial charge is 0.497 e. The summed E-state index contributed by atoms with van der Waals surface area (Å²) in [4.78, 5) is 12.7. The summed E-state index contributed by atoms with van der Waals surface area (Å²) < 4.78 is 60.9. The minimum atomic E-state index is -4.61. The molecular weight excluding hydrogens is 403 g/mol. The third kappa shape index (κ3) is 4.68. The molecular formula is C21H22F3NO5. The summed E-state index contributed by atoms with van der Waals surface area (Å²) in [5.41, 5.74) is -1.26. The molecule has 0 saturated carbocycles. The van der Waals surface area contributed by atoms with E-state index in [1.54, 1.807) is 38.3 Å². The number of hydrogen-bond donors (Lipinski definition) is 1. The Labute approximate surface area is 171 Å². The highest BCUT2D eigenvalue weighted by atomic mass is 19.4. The van der Waals surface area contributed by atoms with Gasteiger partial charge in [-0.3, -0.25) is 4.79 Å². The zero-order valence-electron chi connectivity index (χ0n) is 16.7. The van der Waals surface area contributed by atoms with E-state index in [0.29, 0.717) is 5.75 Å². The van der Waals surface area contributed by atoms with E-state index in [2.05, 4.69) is 5.32 Å². The topological polar surface area (TPSA) is 66.0 Å². The highest BCUT2D eigenvalue weighted by Gasteiger charge is 2.40. The Balaban J connectivity index is 1.67. The molecule has 1 saturated heterocycles. The average molecular weight is 425 g/mol. The minimum Gasteiger partial charge on any atom is -0.497 e. The number of nitrogens with one attached hydrogen (secondary N) is 1. The number of carbonyl (C=O) groups excluding carboxylic acids is 1. The monoisotopic (exact) mass is 425 g/mol. The number of methoxy groups -OCH3 is 2. The molecule has 30 heavy (non-hydrogen) atoms. The van der Waals surface area contributed by atoms with Gasteiger partial charge >= 0.3 is 6.18 Å². The molecule has 1 fully saturated rings. The Hall–Kier alpha value is -2.78. The van der Waals surface area contributed by atoms with Crippen LogP contribution in [0.1, 0.15) is 24.3 Å². The van der Waals surface area contributed by atoms with Gasteiger partial charge in [0.05, 0.1) is 38.4 Å². The summed E-state index contributed by atoms with van der Waals surface area (Å²) in [6.07, 6.45) is -5.26. The number of amides is 1. The Morgan fingerprint density at radius 1 is 1.07 bits per heavy atom. The summed E-state index contributed by atoms with van der Waals surface area (Å²) in [5, 5.41) is 2.51. The maximum atomic E-state index is 13.2. The van der Waals surface area contributed by atoms with Crippen LogP contribution in [0.3, 0.4) is 0 Å². The lowest BCUT2D eigenvalue weighted by Crippen LogP contribution is -2.45. The van der Waals surface area contributed by atoms with Crippen molar-refractivity contribution in [1.82, 2.24) is 0 Å². The molecule has 9 heteroatoms. The highest BCUT2D eigenvalue weighted by Crippen LogP contribution is 2.38. The molecule has 0 unspecified atom stereocenters. The fourth-order valence-electron chi connectivity index (χ4n) is 2.98. The van der Waals surface area contributed by atoms with Gasteiger partial charge in [-0.2, -0.15) is 13.2 Å². The second-order valence-electron chi connectivity index (χ2n) is 7.15. The average Bonchev–Trinajstić information content (AvgIpc) is 2.73. The SMILES string of the molecule is COc1ccc(C2OCC(C)(C(=O)Nc3ccc(OC)c(C(F)(F)F)c3)CO2)cc1. The number of alkyl halides is 3. The van der Waals surface area contributed by atoms with Crippen LogP contribution in [-0.2, 0) is 20.4 Å². The summed E-state index contributed by atoms with van der Waals surface area (Å²) >= 11 is 0. The van der Waals surface area contributed by atoms with Crippen molar-refractivity contribution < 1.29 is 36.9 Å². The minimum absolute atomic E-state index is 0.00614. The van der Waals surface area contributed by atoms with Crippen LogP contribution in [0.5, 0.6) is 11.5 Å². The second-order valence-corrected chi connectivity index (χ2v) is 7.15. The summed E-state index contributed by atoms with van der Waals surface area (Å²) in [5.74, 6) is -0.135. The molecule has 0 spiro atoms. The summed E-state index contributed by atoms with van der Waals surface area (Å²) in [7, 11) is 2.72. The second kappa shape index (κ2) is 8.53. The Morgan fingerprint density at radius 2 is 1.70 bits per heavy atom. The normalized spacial score (nSPS) is 21.7. The Kier molecular flexibility index (Phi) is 6.23. The molecule has 0 bridgehead atoms. The van der Waals surface area contributed by atoms with E-state index < -0.39 is 29.4 Å². The molecule has 1 N–H and O–H groups in total. The lowest BCUT2D eigenvalue weighted by Gasteiger charge is -2.36. The van der Waals surface area contributed by atoms with Crippen LogP contribution in [0.4, 0.5) is 18.9 Å². The Morgan fingerprint density at radius 3 is 2.23 bits per heavy atom. The first-order valence-corrected chi connectivity index (χ1v) is 9.10. The summed E-state index contributed by atoms with van der Waals surface area (Å²) in [6, 6.07) is 10.5. The molecule has 2 aromatic carbocycles. The third-order valence-electron chi connectivity index (χ3n) is 4.81. The lowest BCUT2D eigenvalue weighted by molar-refractivity contribution is -0.226. The molecule has 2 aromatic rings. The highest BCUT2D eigenvalue weighted by molar-refractivity contribution is 5.95. The van der Waals surface area contributed by atoms with Gasteiger partial charge in [0.1, 0.15) is 11.5 Å². The molecule has 0 aliphatic carbocycles. The maximum Gasteiger partial charge on any atom is 0.420 e. The molecule has 1 heterocycles. The number of ether oxygens (including phenoxy) is 4. The summed E-state index contributed by atoms with van der Waals surface area (Å²) in [6.45, 7) is 1.70. The van der Waals surface area contributed by atoms with Gasteiger partial charge in [0.2, 0.25) is 5.91 Å². The van der Waals surface area contributed by atoms with Gasteiger partial charge in [-0.25, -0.2) is 0 Å². The van der Waals surface area contributed by atoms with E-state index in [0.717, 1.165) is 24.8 Å². The van der Waals surface area contributed by atoms with E-state index in [-0.39, 0.29) is 24.7 Å². The van der Waals surface area contributed by atoms with E-state index in [9.17, 15) is 18.0 Å². The van der Waals surface area contributed by atoms with Crippen LogP contribution in [0.2, 0.25) is 0 Å². The molecule has 0 atom stereocenters. The smallest absolute Gasteiger partial charge is 0.420 e. The molecule has 0 radical (unpaired) electrons. The van der Waals surface area contributed by atoms with Crippen LogP contribution in [0.25, 0.3) is 0 Å². The van der Waals surface area contributed by atoms with Gasteiger partial charge in [-0.15, -0.1) is 0 Å². The Bertz CT molecular complexity index is 891. The first-order valence-electron chi connectivity index (χ1n) is 9.10. The number of halogens is 3. The number of benzene rings is 2. The van der Waals surface area contributed by atoms with Crippen LogP contribution in [0.15, 0.2) is 42.5 Å². The lowest BCUT2D eigenvalue weighted by atomic mass is 9.90. The fourth-order valence-corrected chi connectivity index (χ4v) is 2.98.